The summed E-state index contributed by atoms with van der Waals surface area (Å²) in [4.78, 5) is 7.24. The van der Waals surface area contributed by atoms with E-state index in [1.807, 2.05) is 0 Å². The third-order valence-corrected chi connectivity index (χ3v) is 5.58. The molecule has 0 saturated carbocycles. The van der Waals surface area contributed by atoms with E-state index < -0.39 is 0 Å². The summed E-state index contributed by atoms with van der Waals surface area (Å²) in [5.41, 5.74) is 0. The second-order valence-corrected chi connectivity index (χ2v) is 7.74. The Balaban J connectivity index is 0.00000300. The number of ether oxygens (including phenoxy) is 1. The Morgan fingerprint density at radius 3 is 2.76 bits per heavy atom. The summed E-state index contributed by atoms with van der Waals surface area (Å²) in [7, 11) is 0. The zero-order valence-electron chi connectivity index (χ0n) is 18.0. The molecule has 0 aliphatic carbocycles. The molecule has 9 heteroatoms. The first-order valence-corrected chi connectivity index (χ1v) is 11.0. The van der Waals surface area contributed by atoms with Gasteiger partial charge < -0.3 is 19.9 Å². The van der Waals surface area contributed by atoms with E-state index in [2.05, 4.69) is 44.1 Å². The van der Waals surface area contributed by atoms with Crippen molar-refractivity contribution >= 4 is 29.9 Å². The second kappa shape index (κ2) is 13.4. The van der Waals surface area contributed by atoms with Crippen LogP contribution in [0.4, 0.5) is 0 Å². The normalized spacial score (nSPS) is 19.0. The predicted octanol–water partition coefficient (Wildman–Crippen LogP) is 1.83. The van der Waals surface area contributed by atoms with Crippen LogP contribution >= 0.6 is 24.0 Å². The number of nitrogens with zero attached hydrogens (tertiary/aromatic N) is 5. The minimum atomic E-state index is 0. The molecule has 0 aromatic carbocycles. The Kier molecular flexibility index (Phi) is 11.2. The molecular formula is C20H38IN7O. The van der Waals surface area contributed by atoms with Gasteiger partial charge in [0, 0.05) is 51.6 Å². The molecule has 2 N–H and O–H groups in total. The SMILES string of the molecule is CCNC(=NCC(C)N1CCOCC1)NCCCc1nnc2n1CCCCC2.I. The number of aryl methyl sites for hydroxylation is 2. The molecule has 0 spiro atoms. The third-order valence-electron chi connectivity index (χ3n) is 5.58. The molecule has 3 heterocycles. The Hall–Kier alpha value is -0.940. The number of guanidine groups is 1. The third kappa shape index (κ3) is 7.67. The molecule has 0 radical (unpaired) electrons. The molecule has 1 saturated heterocycles. The fraction of sp³-hybridized carbons (Fsp3) is 0.850. The van der Waals surface area contributed by atoms with Crippen LogP contribution in [-0.4, -0.2) is 77.6 Å². The lowest BCUT2D eigenvalue weighted by Gasteiger charge is -2.31. The van der Waals surface area contributed by atoms with Gasteiger partial charge in [0.05, 0.1) is 19.8 Å². The number of morpholine rings is 1. The summed E-state index contributed by atoms with van der Waals surface area (Å²) in [5.74, 6) is 3.22. The van der Waals surface area contributed by atoms with Crippen LogP contribution in [0.25, 0.3) is 0 Å². The molecule has 8 nitrogen and oxygen atoms in total. The summed E-state index contributed by atoms with van der Waals surface area (Å²) in [6, 6.07) is 0.436. The van der Waals surface area contributed by atoms with Crippen molar-refractivity contribution in [3.05, 3.63) is 11.6 Å². The average Bonchev–Trinajstić information content (AvgIpc) is 2.95. The van der Waals surface area contributed by atoms with Crippen LogP contribution in [-0.2, 0) is 24.1 Å². The van der Waals surface area contributed by atoms with Crippen LogP contribution in [0, 0.1) is 0 Å². The smallest absolute Gasteiger partial charge is 0.191 e. The van der Waals surface area contributed by atoms with Gasteiger partial charge in [0.1, 0.15) is 11.6 Å². The maximum Gasteiger partial charge on any atom is 0.191 e. The number of fused-ring (bicyclic) bond motifs is 1. The molecule has 1 aromatic rings. The number of hydrogen-bond donors (Lipinski definition) is 2. The second-order valence-electron chi connectivity index (χ2n) is 7.74. The Morgan fingerprint density at radius 1 is 1.14 bits per heavy atom. The van der Waals surface area contributed by atoms with Gasteiger partial charge in [-0.25, -0.2) is 0 Å². The van der Waals surface area contributed by atoms with Crippen LogP contribution in [0.3, 0.4) is 0 Å². The predicted molar refractivity (Wildman–Crippen MR) is 127 cm³/mol. The van der Waals surface area contributed by atoms with Gasteiger partial charge in [-0.1, -0.05) is 6.42 Å². The van der Waals surface area contributed by atoms with Crippen LogP contribution in [0.2, 0.25) is 0 Å². The van der Waals surface area contributed by atoms with Gasteiger partial charge in [0.25, 0.3) is 0 Å². The van der Waals surface area contributed by atoms with E-state index in [0.717, 1.165) is 83.5 Å². The lowest BCUT2D eigenvalue weighted by Crippen LogP contribution is -2.44. The van der Waals surface area contributed by atoms with E-state index in [9.17, 15) is 0 Å². The zero-order chi connectivity index (χ0) is 19.6. The van der Waals surface area contributed by atoms with Crippen molar-refractivity contribution < 1.29 is 4.74 Å². The highest BCUT2D eigenvalue weighted by Gasteiger charge is 2.17. The molecule has 1 atom stereocenters. The molecule has 29 heavy (non-hydrogen) atoms. The highest BCUT2D eigenvalue weighted by Crippen LogP contribution is 2.15. The molecule has 2 aliphatic heterocycles. The van der Waals surface area contributed by atoms with Crippen molar-refractivity contribution in [1.29, 1.82) is 0 Å². The number of nitrogens with one attached hydrogen (secondary N) is 2. The standard InChI is InChI=1S/C20H37N7O.HI/c1-3-21-20(23-16-17(2)26-12-14-28-15-13-26)22-10-7-9-19-25-24-18-8-5-4-6-11-27(18)19;/h17H,3-16H2,1-2H3,(H2,21,22,23);1H. The topological polar surface area (TPSA) is 79.6 Å². The van der Waals surface area contributed by atoms with E-state index in [-0.39, 0.29) is 24.0 Å². The lowest BCUT2D eigenvalue weighted by atomic mass is 10.2. The molecule has 1 aromatic heterocycles. The summed E-state index contributed by atoms with van der Waals surface area (Å²) in [6.07, 6.45) is 6.85. The maximum atomic E-state index is 5.44. The minimum Gasteiger partial charge on any atom is -0.379 e. The minimum absolute atomic E-state index is 0. The Bertz CT molecular complexity index is 616. The fourth-order valence-electron chi connectivity index (χ4n) is 3.88. The highest BCUT2D eigenvalue weighted by molar-refractivity contribution is 14.0. The van der Waals surface area contributed by atoms with Crippen molar-refractivity contribution in [1.82, 2.24) is 30.3 Å². The summed E-state index contributed by atoms with van der Waals surface area (Å²) < 4.78 is 7.78. The molecular weight excluding hydrogens is 481 g/mol. The van der Waals surface area contributed by atoms with Crippen molar-refractivity contribution in [2.75, 3.05) is 45.9 Å². The van der Waals surface area contributed by atoms with Crippen molar-refractivity contribution in [2.24, 2.45) is 4.99 Å². The zero-order valence-corrected chi connectivity index (χ0v) is 20.4. The molecule has 3 rings (SSSR count). The molecule has 1 unspecified atom stereocenters. The summed E-state index contributed by atoms with van der Waals surface area (Å²) >= 11 is 0. The monoisotopic (exact) mass is 519 g/mol. The van der Waals surface area contributed by atoms with E-state index in [0.29, 0.717) is 6.04 Å². The van der Waals surface area contributed by atoms with Crippen molar-refractivity contribution in [3.63, 3.8) is 0 Å². The molecule has 166 valence electrons. The van der Waals surface area contributed by atoms with Gasteiger partial charge >= 0.3 is 0 Å². The first kappa shape index (κ1) is 24.3. The first-order chi connectivity index (χ1) is 13.8. The van der Waals surface area contributed by atoms with Crippen LogP contribution < -0.4 is 10.6 Å². The summed E-state index contributed by atoms with van der Waals surface area (Å²) in [6.45, 7) is 11.7. The molecule has 0 amide bonds. The van der Waals surface area contributed by atoms with Gasteiger partial charge in [-0.2, -0.15) is 0 Å². The van der Waals surface area contributed by atoms with Crippen LogP contribution in [0.1, 0.15) is 51.2 Å². The fourth-order valence-corrected chi connectivity index (χ4v) is 3.88. The van der Waals surface area contributed by atoms with Gasteiger partial charge in [-0.05, 0) is 33.1 Å². The molecule has 0 bridgehead atoms. The van der Waals surface area contributed by atoms with Gasteiger partial charge in [-0.3, -0.25) is 9.89 Å². The van der Waals surface area contributed by atoms with Crippen LogP contribution in [0.5, 0.6) is 0 Å². The number of halogens is 1. The van der Waals surface area contributed by atoms with E-state index in [1.165, 1.54) is 25.1 Å². The van der Waals surface area contributed by atoms with Crippen molar-refractivity contribution in [2.45, 2.75) is 65.0 Å². The number of aromatic nitrogens is 3. The highest BCUT2D eigenvalue weighted by atomic mass is 127. The maximum absolute atomic E-state index is 5.44. The molecule has 1 fully saturated rings. The Morgan fingerprint density at radius 2 is 1.97 bits per heavy atom. The van der Waals surface area contributed by atoms with E-state index >= 15 is 0 Å². The number of aliphatic imine (C=N–C) groups is 1. The van der Waals surface area contributed by atoms with E-state index in [1.54, 1.807) is 0 Å². The number of rotatable bonds is 8. The van der Waals surface area contributed by atoms with E-state index in [4.69, 9.17) is 9.73 Å². The van der Waals surface area contributed by atoms with Crippen LogP contribution in [0.15, 0.2) is 4.99 Å². The summed E-state index contributed by atoms with van der Waals surface area (Å²) in [5, 5.41) is 15.7. The van der Waals surface area contributed by atoms with Gasteiger partial charge in [0.2, 0.25) is 0 Å². The lowest BCUT2D eigenvalue weighted by molar-refractivity contribution is 0.0220. The Labute approximate surface area is 192 Å². The average molecular weight is 519 g/mol. The largest absolute Gasteiger partial charge is 0.379 e. The van der Waals surface area contributed by atoms with Gasteiger partial charge in [-0.15, -0.1) is 34.2 Å². The number of hydrogen-bond acceptors (Lipinski definition) is 5. The quantitative estimate of drug-likeness (QED) is 0.236. The first-order valence-electron chi connectivity index (χ1n) is 11.0. The molecule has 2 aliphatic rings. The van der Waals surface area contributed by atoms with Gasteiger partial charge in [0.15, 0.2) is 5.96 Å². The van der Waals surface area contributed by atoms with Crippen molar-refractivity contribution in [3.8, 4) is 0 Å².